The fraction of sp³-hybridized carbons (Fsp3) is 0.200. The van der Waals surface area contributed by atoms with Crippen molar-refractivity contribution < 1.29 is 17.9 Å². The van der Waals surface area contributed by atoms with Crippen LogP contribution in [0.5, 0.6) is 11.5 Å². The second-order valence-electron chi connectivity index (χ2n) is 4.96. The Hall–Kier alpha value is -1.24. The highest BCUT2D eigenvalue weighted by Crippen LogP contribution is 2.37. The predicted molar refractivity (Wildman–Crippen MR) is 88.0 cm³/mol. The molecule has 0 aromatic heterocycles. The van der Waals surface area contributed by atoms with Gasteiger partial charge >= 0.3 is 0 Å². The average Bonchev–Trinajstić information content (AvgIpc) is 2.85. The van der Waals surface area contributed by atoms with Gasteiger partial charge in [0.1, 0.15) is 0 Å². The summed E-state index contributed by atoms with van der Waals surface area (Å²) >= 11 is 9.27. The minimum absolute atomic E-state index is 0.0611. The summed E-state index contributed by atoms with van der Waals surface area (Å²) in [5, 5.41) is 0.525. The Bertz CT molecular complexity index is 820. The van der Waals surface area contributed by atoms with E-state index in [0.717, 1.165) is 0 Å². The normalized spacial score (nSPS) is 13.4. The van der Waals surface area contributed by atoms with Crippen LogP contribution in [-0.2, 0) is 21.3 Å². The third-order valence-electron chi connectivity index (χ3n) is 3.19. The summed E-state index contributed by atoms with van der Waals surface area (Å²) in [5.41, 5.74) is 1.32. The molecule has 1 aliphatic heterocycles. The first-order valence-corrected chi connectivity index (χ1v) is 9.45. The van der Waals surface area contributed by atoms with Crippen molar-refractivity contribution in [3.63, 3.8) is 0 Å². The number of benzene rings is 2. The number of hydrogen-bond donors (Lipinski definition) is 0. The Labute approximate surface area is 142 Å². The van der Waals surface area contributed by atoms with Crippen LogP contribution in [-0.4, -0.2) is 15.2 Å². The molecule has 0 bridgehead atoms. The molecule has 0 saturated carbocycles. The van der Waals surface area contributed by atoms with E-state index in [1.54, 1.807) is 36.4 Å². The molecule has 0 saturated heterocycles. The Morgan fingerprint density at radius 1 is 1.09 bits per heavy atom. The lowest BCUT2D eigenvalue weighted by atomic mass is 10.2. The van der Waals surface area contributed by atoms with Crippen LogP contribution in [0.15, 0.2) is 40.9 Å². The summed E-state index contributed by atoms with van der Waals surface area (Å²) in [4.78, 5) is 0. The van der Waals surface area contributed by atoms with Gasteiger partial charge in [-0.1, -0.05) is 39.7 Å². The standard InChI is InChI=1S/C15H12BrClO4S/c16-13-6-15-14(20-9-21-15)5-11(13)8-22(18,19)7-10-2-1-3-12(17)4-10/h1-6H,7-9H2. The second-order valence-corrected chi connectivity index (χ2v) is 8.31. The van der Waals surface area contributed by atoms with Gasteiger partial charge in [0.2, 0.25) is 6.79 Å². The van der Waals surface area contributed by atoms with Crippen LogP contribution in [0.1, 0.15) is 11.1 Å². The monoisotopic (exact) mass is 402 g/mol. The van der Waals surface area contributed by atoms with Crippen molar-refractivity contribution in [2.75, 3.05) is 6.79 Å². The van der Waals surface area contributed by atoms with Gasteiger partial charge in [-0.15, -0.1) is 0 Å². The van der Waals surface area contributed by atoms with Crippen molar-refractivity contribution in [3.8, 4) is 11.5 Å². The average molecular weight is 404 g/mol. The van der Waals surface area contributed by atoms with Crippen LogP contribution in [0.4, 0.5) is 0 Å². The molecule has 22 heavy (non-hydrogen) atoms. The summed E-state index contributed by atoms with van der Waals surface area (Å²) in [6.07, 6.45) is 0. The molecule has 2 aromatic rings. The molecule has 1 heterocycles. The summed E-state index contributed by atoms with van der Waals surface area (Å²) < 4.78 is 36.0. The molecule has 1 aliphatic rings. The largest absolute Gasteiger partial charge is 0.454 e. The smallest absolute Gasteiger partial charge is 0.231 e. The fourth-order valence-electron chi connectivity index (χ4n) is 2.24. The van der Waals surface area contributed by atoms with Crippen molar-refractivity contribution in [3.05, 3.63) is 57.0 Å². The maximum atomic E-state index is 12.4. The Morgan fingerprint density at radius 2 is 1.82 bits per heavy atom. The van der Waals surface area contributed by atoms with Crippen LogP contribution < -0.4 is 9.47 Å². The number of hydrogen-bond acceptors (Lipinski definition) is 4. The van der Waals surface area contributed by atoms with Gasteiger partial charge in [-0.2, -0.15) is 0 Å². The quantitative estimate of drug-likeness (QED) is 0.776. The van der Waals surface area contributed by atoms with E-state index in [9.17, 15) is 8.42 Å². The molecule has 2 aromatic carbocycles. The Kier molecular flexibility index (Phi) is 4.34. The number of ether oxygens (including phenoxy) is 2. The number of sulfone groups is 1. The van der Waals surface area contributed by atoms with Gasteiger partial charge in [0.15, 0.2) is 21.3 Å². The SMILES string of the molecule is O=S(=O)(Cc1cccc(Cl)c1)Cc1cc2c(cc1Br)OCO2. The van der Waals surface area contributed by atoms with Gasteiger partial charge < -0.3 is 9.47 Å². The number of rotatable bonds is 4. The molecule has 0 aliphatic carbocycles. The van der Waals surface area contributed by atoms with Crippen molar-refractivity contribution in [2.45, 2.75) is 11.5 Å². The molecule has 7 heteroatoms. The summed E-state index contributed by atoms with van der Waals surface area (Å²) in [7, 11) is -3.33. The molecule has 0 atom stereocenters. The van der Waals surface area contributed by atoms with E-state index in [1.165, 1.54) is 0 Å². The van der Waals surface area contributed by atoms with Gasteiger partial charge in [-0.05, 0) is 35.4 Å². The van der Waals surface area contributed by atoms with Crippen LogP contribution in [0.25, 0.3) is 0 Å². The van der Waals surface area contributed by atoms with E-state index in [2.05, 4.69) is 15.9 Å². The third-order valence-corrected chi connectivity index (χ3v) is 5.69. The van der Waals surface area contributed by atoms with Gasteiger partial charge in [-0.25, -0.2) is 8.42 Å². The molecule has 0 radical (unpaired) electrons. The Balaban J connectivity index is 1.83. The summed E-state index contributed by atoms with van der Waals surface area (Å²) in [5.74, 6) is 1.03. The molecule has 0 fully saturated rings. The van der Waals surface area contributed by atoms with Gasteiger partial charge in [0, 0.05) is 9.50 Å². The zero-order valence-corrected chi connectivity index (χ0v) is 14.5. The van der Waals surface area contributed by atoms with Crippen LogP contribution >= 0.6 is 27.5 Å². The number of fused-ring (bicyclic) bond motifs is 1. The highest BCUT2D eigenvalue weighted by molar-refractivity contribution is 9.10. The minimum atomic E-state index is -3.33. The second kappa shape index (κ2) is 6.10. The molecular weight excluding hydrogens is 392 g/mol. The maximum Gasteiger partial charge on any atom is 0.231 e. The highest BCUT2D eigenvalue weighted by Gasteiger charge is 2.20. The number of halogens is 2. The van der Waals surface area contributed by atoms with Crippen LogP contribution in [0, 0.1) is 0 Å². The maximum absolute atomic E-state index is 12.4. The minimum Gasteiger partial charge on any atom is -0.454 e. The van der Waals surface area contributed by atoms with E-state index in [1.807, 2.05) is 0 Å². The third kappa shape index (κ3) is 3.56. The van der Waals surface area contributed by atoms with E-state index >= 15 is 0 Å². The van der Waals surface area contributed by atoms with Crippen LogP contribution in [0.2, 0.25) is 5.02 Å². The van der Waals surface area contributed by atoms with E-state index in [0.29, 0.717) is 32.1 Å². The molecule has 3 rings (SSSR count). The van der Waals surface area contributed by atoms with Crippen molar-refractivity contribution >= 4 is 37.4 Å². The summed E-state index contributed by atoms with van der Waals surface area (Å²) in [6.45, 7) is 0.153. The van der Waals surface area contributed by atoms with Gasteiger partial charge in [0.05, 0.1) is 11.5 Å². The van der Waals surface area contributed by atoms with E-state index < -0.39 is 9.84 Å². The molecule has 4 nitrogen and oxygen atoms in total. The molecular formula is C15H12BrClO4S. The fourth-order valence-corrected chi connectivity index (χ4v) is 4.60. The molecule has 0 N–H and O–H groups in total. The zero-order chi connectivity index (χ0) is 15.7. The van der Waals surface area contributed by atoms with Crippen molar-refractivity contribution in [1.29, 1.82) is 0 Å². The first-order chi connectivity index (χ1) is 10.4. The van der Waals surface area contributed by atoms with Crippen molar-refractivity contribution in [1.82, 2.24) is 0 Å². The first kappa shape index (κ1) is 15.6. The zero-order valence-electron chi connectivity index (χ0n) is 11.4. The van der Waals surface area contributed by atoms with Gasteiger partial charge in [-0.3, -0.25) is 0 Å². The highest BCUT2D eigenvalue weighted by atomic mass is 79.9. The molecule has 0 amide bonds. The van der Waals surface area contributed by atoms with E-state index in [-0.39, 0.29) is 18.3 Å². The topological polar surface area (TPSA) is 52.6 Å². The first-order valence-electron chi connectivity index (χ1n) is 6.46. The van der Waals surface area contributed by atoms with Gasteiger partial charge in [0.25, 0.3) is 0 Å². The molecule has 0 unspecified atom stereocenters. The molecule has 0 spiro atoms. The van der Waals surface area contributed by atoms with Crippen molar-refractivity contribution in [2.24, 2.45) is 0 Å². The lowest BCUT2D eigenvalue weighted by Gasteiger charge is -2.08. The van der Waals surface area contributed by atoms with E-state index in [4.69, 9.17) is 21.1 Å². The predicted octanol–water partition coefficient (Wildman–Crippen LogP) is 3.95. The lowest BCUT2D eigenvalue weighted by molar-refractivity contribution is 0.174. The molecule has 116 valence electrons. The Morgan fingerprint density at radius 3 is 2.55 bits per heavy atom. The van der Waals surface area contributed by atoms with Crippen LogP contribution in [0.3, 0.4) is 0 Å². The summed E-state index contributed by atoms with van der Waals surface area (Å²) in [6, 6.07) is 10.3. The lowest BCUT2D eigenvalue weighted by Crippen LogP contribution is -2.08.